The number of aliphatic hydroxyl groups is 1. The van der Waals surface area contributed by atoms with Crippen LogP contribution in [0.3, 0.4) is 0 Å². The molecule has 1 aromatic rings. The molecule has 0 aromatic heterocycles. The van der Waals surface area contributed by atoms with Gasteiger partial charge in [0.25, 0.3) is 0 Å². The molecule has 0 aliphatic carbocycles. The highest BCUT2D eigenvalue weighted by molar-refractivity contribution is 7.89. The Balaban J connectivity index is 2.62. The summed E-state index contributed by atoms with van der Waals surface area (Å²) < 4.78 is 37.4. The fourth-order valence-corrected chi connectivity index (χ4v) is 2.86. The fraction of sp³-hybridized carbons (Fsp3) is 0.571. The second-order valence-corrected chi connectivity index (χ2v) is 6.29. The van der Waals surface area contributed by atoms with Gasteiger partial charge in [-0.3, -0.25) is 0 Å². The summed E-state index contributed by atoms with van der Waals surface area (Å²) in [4.78, 5) is 0.181. The Morgan fingerprint density at radius 2 is 1.95 bits per heavy atom. The van der Waals surface area contributed by atoms with Crippen molar-refractivity contribution >= 4 is 10.0 Å². The highest BCUT2D eigenvalue weighted by Gasteiger charge is 2.17. The van der Waals surface area contributed by atoms with Gasteiger partial charge in [0.15, 0.2) is 0 Å². The second-order valence-electron chi connectivity index (χ2n) is 4.58. The SMILES string of the molecule is CCOCC(C)NS(=O)(=O)c1ccc(OCCCO)cc1. The summed E-state index contributed by atoms with van der Waals surface area (Å²) in [5, 5.41) is 8.66. The van der Waals surface area contributed by atoms with E-state index in [1.807, 2.05) is 6.92 Å². The average Bonchev–Trinajstić information content (AvgIpc) is 2.45. The van der Waals surface area contributed by atoms with Crippen LogP contribution in [0.1, 0.15) is 20.3 Å². The molecule has 0 spiro atoms. The third-order valence-corrected chi connectivity index (χ3v) is 4.24. The van der Waals surface area contributed by atoms with Crippen LogP contribution in [0.25, 0.3) is 0 Å². The van der Waals surface area contributed by atoms with Crippen LogP contribution in [0.5, 0.6) is 5.75 Å². The van der Waals surface area contributed by atoms with Crippen LogP contribution in [0.4, 0.5) is 0 Å². The minimum absolute atomic E-state index is 0.0636. The normalized spacial score (nSPS) is 13.1. The van der Waals surface area contributed by atoms with Crippen molar-refractivity contribution in [3.63, 3.8) is 0 Å². The van der Waals surface area contributed by atoms with Gasteiger partial charge in [0.1, 0.15) is 5.75 Å². The molecule has 0 aliphatic heterocycles. The van der Waals surface area contributed by atoms with Crippen LogP contribution >= 0.6 is 0 Å². The third-order valence-electron chi connectivity index (χ3n) is 2.63. The maximum Gasteiger partial charge on any atom is 0.240 e. The first-order valence-electron chi connectivity index (χ1n) is 6.93. The Kier molecular flexibility index (Phi) is 7.66. The predicted octanol–water partition coefficient (Wildman–Crippen LogP) is 1.15. The zero-order valence-electron chi connectivity index (χ0n) is 12.4. The lowest BCUT2D eigenvalue weighted by Gasteiger charge is -2.14. The van der Waals surface area contributed by atoms with Gasteiger partial charge in [0.2, 0.25) is 10.0 Å². The van der Waals surface area contributed by atoms with E-state index < -0.39 is 10.0 Å². The summed E-state index contributed by atoms with van der Waals surface area (Å²) in [5.74, 6) is 0.574. The minimum Gasteiger partial charge on any atom is -0.494 e. The van der Waals surface area contributed by atoms with E-state index in [0.717, 1.165) is 0 Å². The number of hydrogen-bond donors (Lipinski definition) is 2. The van der Waals surface area contributed by atoms with Gasteiger partial charge in [-0.1, -0.05) is 0 Å². The van der Waals surface area contributed by atoms with Crippen LogP contribution in [0.2, 0.25) is 0 Å². The highest BCUT2D eigenvalue weighted by atomic mass is 32.2. The molecule has 120 valence electrons. The van der Waals surface area contributed by atoms with Crippen LogP contribution in [-0.4, -0.2) is 46.0 Å². The van der Waals surface area contributed by atoms with Crippen molar-refractivity contribution in [1.82, 2.24) is 4.72 Å². The smallest absolute Gasteiger partial charge is 0.240 e. The van der Waals surface area contributed by atoms with Crippen molar-refractivity contribution in [2.45, 2.75) is 31.2 Å². The number of aliphatic hydroxyl groups excluding tert-OH is 1. The lowest BCUT2D eigenvalue weighted by Crippen LogP contribution is -2.35. The van der Waals surface area contributed by atoms with Crippen molar-refractivity contribution in [2.75, 3.05) is 26.4 Å². The van der Waals surface area contributed by atoms with E-state index in [2.05, 4.69) is 4.72 Å². The van der Waals surface area contributed by atoms with Gasteiger partial charge in [0, 0.05) is 25.7 Å². The molecule has 0 saturated heterocycles. The molecular weight excluding hydrogens is 294 g/mol. The molecule has 1 aromatic carbocycles. The number of benzene rings is 1. The topological polar surface area (TPSA) is 84.9 Å². The Morgan fingerprint density at radius 1 is 1.29 bits per heavy atom. The molecule has 2 N–H and O–H groups in total. The summed E-state index contributed by atoms with van der Waals surface area (Å²) in [6.07, 6.45) is 0.538. The zero-order chi connectivity index (χ0) is 15.7. The van der Waals surface area contributed by atoms with Crippen molar-refractivity contribution < 1.29 is 23.0 Å². The number of sulfonamides is 1. The average molecular weight is 317 g/mol. The van der Waals surface area contributed by atoms with Gasteiger partial charge in [0.05, 0.1) is 18.1 Å². The van der Waals surface area contributed by atoms with E-state index in [4.69, 9.17) is 14.6 Å². The van der Waals surface area contributed by atoms with Crippen LogP contribution in [0, 0.1) is 0 Å². The number of nitrogens with one attached hydrogen (secondary N) is 1. The van der Waals surface area contributed by atoms with Crippen molar-refractivity contribution in [3.8, 4) is 5.75 Å². The summed E-state index contributed by atoms with van der Waals surface area (Å²) in [7, 11) is -3.56. The first-order valence-corrected chi connectivity index (χ1v) is 8.41. The zero-order valence-corrected chi connectivity index (χ0v) is 13.2. The highest BCUT2D eigenvalue weighted by Crippen LogP contribution is 2.16. The second kappa shape index (κ2) is 8.99. The Hall–Kier alpha value is -1.15. The maximum atomic E-state index is 12.1. The first-order chi connectivity index (χ1) is 9.99. The summed E-state index contributed by atoms with van der Waals surface area (Å²) in [6.45, 7) is 4.95. The van der Waals surface area contributed by atoms with E-state index in [-0.39, 0.29) is 17.5 Å². The molecule has 0 saturated carbocycles. The van der Waals surface area contributed by atoms with E-state index >= 15 is 0 Å². The minimum atomic E-state index is -3.56. The molecule has 1 unspecified atom stereocenters. The number of rotatable bonds is 10. The molecule has 0 fully saturated rings. The number of hydrogen-bond acceptors (Lipinski definition) is 5. The van der Waals surface area contributed by atoms with Crippen LogP contribution in [-0.2, 0) is 14.8 Å². The molecular formula is C14H23NO5S. The monoisotopic (exact) mass is 317 g/mol. The molecule has 21 heavy (non-hydrogen) atoms. The number of ether oxygens (including phenoxy) is 2. The fourth-order valence-electron chi connectivity index (χ4n) is 1.63. The molecule has 0 heterocycles. The molecule has 0 bridgehead atoms. The van der Waals surface area contributed by atoms with E-state index in [1.54, 1.807) is 19.1 Å². The molecule has 1 atom stereocenters. The third kappa shape index (κ3) is 6.43. The predicted molar refractivity (Wildman–Crippen MR) is 79.9 cm³/mol. The molecule has 0 aliphatic rings. The van der Waals surface area contributed by atoms with Gasteiger partial charge in [-0.2, -0.15) is 0 Å². The molecule has 0 radical (unpaired) electrons. The van der Waals surface area contributed by atoms with Crippen molar-refractivity contribution in [2.24, 2.45) is 0 Å². The quantitative estimate of drug-likeness (QED) is 0.632. The van der Waals surface area contributed by atoms with Gasteiger partial charge in [-0.25, -0.2) is 13.1 Å². The lowest BCUT2D eigenvalue weighted by molar-refractivity contribution is 0.133. The summed E-state index contributed by atoms with van der Waals surface area (Å²) >= 11 is 0. The molecule has 0 amide bonds. The molecule has 1 rings (SSSR count). The molecule has 6 nitrogen and oxygen atoms in total. The van der Waals surface area contributed by atoms with E-state index in [0.29, 0.717) is 32.0 Å². The van der Waals surface area contributed by atoms with Gasteiger partial charge in [-0.05, 0) is 38.1 Å². The Bertz CT molecular complexity index is 501. The Labute approximate surface area is 126 Å². The van der Waals surface area contributed by atoms with E-state index in [9.17, 15) is 8.42 Å². The first kappa shape index (κ1) is 17.9. The van der Waals surface area contributed by atoms with Gasteiger partial charge in [-0.15, -0.1) is 0 Å². The van der Waals surface area contributed by atoms with Crippen LogP contribution in [0.15, 0.2) is 29.2 Å². The summed E-state index contributed by atoms with van der Waals surface area (Å²) in [5.41, 5.74) is 0. The molecule has 7 heteroatoms. The Morgan fingerprint density at radius 3 is 2.52 bits per heavy atom. The lowest BCUT2D eigenvalue weighted by atomic mass is 10.3. The van der Waals surface area contributed by atoms with Gasteiger partial charge < -0.3 is 14.6 Å². The maximum absolute atomic E-state index is 12.1. The standard InChI is InChI=1S/C14H23NO5S/c1-3-19-11-12(2)15-21(17,18)14-7-5-13(6-8-14)20-10-4-9-16/h5-8,12,15-16H,3-4,9-11H2,1-2H3. The van der Waals surface area contributed by atoms with Crippen molar-refractivity contribution in [3.05, 3.63) is 24.3 Å². The van der Waals surface area contributed by atoms with Gasteiger partial charge >= 0.3 is 0 Å². The van der Waals surface area contributed by atoms with E-state index in [1.165, 1.54) is 12.1 Å². The largest absolute Gasteiger partial charge is 0.494 e. The summed E-state index contributed by atoms with van der Waals surface area (Å²) in [6, 6.07) is 5.88. The van der Waals surface area contributed by atoms with Crippen LogP contribution < -0.4 is 9.46 Å². The van der Waals surface area contributed by atoms with Crippen molar-refractivity contribution in [1.29, 1.82) is 0 Å².